The Morgan fingerprint density at radius 1 is 1.28 bits per heavy atom. The third kappa shape index (κ3) is 3.23. The van der Waals surface area contributed by atoms with Gasteiger partial charge >= 0.3 is 0 Å². The van der Waals surface area contributed by atoms with Crippen molar-refractivity contribution in [3.63, 3.8) is 0 Å². The highest BCUT2D eigenvalue weighted by molar-refractivity contribution is 5.26. The maximum absolute atomic E-state index is 13.5. The second-order valence-electron chi connectivity index (χ2n) is 4.66. The Bertz CT molecular complexity index is 403. The second-order valence-corrected chi connectivity index (χ2v) is 4.66. The Labute approximate surface area is 104 Å². The van der Waals surface area contributed by atoms with Gasteiger partial charge in [-0.05, 0) is 25.0 Å². The van der Waals surface area contributed by atoms with Gasteiger partial charge in [0.15, 0.2) is 0 Å². The molecular formula is C13H16F3NO. The fourth-order valence-electron chi connectivity index (χ4n) is 2.17. The van der Waals surface area contributed by atoms with Gasteiger partial charge in [-0.1, -0.05) is 6.07 Å². The smallest absolute Gasteiger partial charge is 0.263 e. The lowest BCUT2D eigenvalue weighted by atomic mass is 10.1. The number of likely N-dealkylation sites (tertiary alicyclic amines) is 1. The minimum absolute atomic E-state index is 0.150. The number of hydrogen-bond acceptors (Lipinski definition) is 2. The average molecular weight is 259 g/mol. The number of aliphatic hydroxyl groups is 1. The summed E-state index contributed by atoms with van der Waals surface area (Å²) in [4.78, 5) is 1.97. The van der Waals surface area contributed by atoms with E-state index in [1.807, 2.05) is 4.90 Å². The van der Waals surface area contributed by atoms with Crippen LogP contribution >= 0.6 is 0 Å². The Hall–Kier alpha value is -1.07. The van der Waals surface area contributed by atoms with Crippen molar-refractivity contribution in [2.45, 2.75) is 31.9 Å². The van der Waals surface area contributed by atoms with Crippen LogP contribution in [0.1, 0.15) is 30.4 Å². The second kappa shape index (κ2) is 5.71. The molecule has 0 unspecified atom stereocenters. The quantitative estimate of drug-likeness (QED) is 0.902. The molecule has 0 aliphatic carbocycles. The number of piperidine rings is 1. The van der Waals surface area contributed by atoms with Crippen molar-refractivity contribution in [1.82, 2.24) is 4.90 Å². The standard InChI is InChI=1S/C13H16F3NO/c14-12-2-1-9(13(15)16)7-10(12)8-17-5-3-11(18)4-6-17/h1-2,7,11,13,18H,3-6,8H2. The summed E-state index contributed by atoms with van der Waals surface area (Å²) in [5.74, 6) is -0.453. The van der Waals surface area contributed by atoms with Gasteiger partial charge in [-0.3, -0.25) is 4.90 Å². The fraction of sp³-hybridized carbons (Fsp3) is 0.538. The van der Waals surface area contributed by atoms with E-state index in [1.54, 1.807) is 0 Å². The van der Waals surface area contributed by atoms with Crippen molar-refractivity contribution in [1.29, 1.82) is 0 Å². The molecule has 100 valence electrons. The lowest BCUT2D eigenvalue weighted by Gasteiger charge is -2.29. The van der Waals surface area contributed by atoms with Gasteiger partial charge in [-0.15, -0.1) is 0 Å². The summed E-state index contributed by atoms with van der Waals surface area (Å²) in [6.45, 7) is 1.65. The molecule has 0 amide bonds. The monoisotopic (exact) mass is 259 g/mol. The molecule has 0 saturated carbocycles. The topological polar surface area (TPSA) is 23.5 Å². The first-order valence-corrected chi connectivity index (χ1v) is 6.03. The molecule has 2 rings (SSSR count). The molecule has 1 fully saturated rings. The SMILES string of the molecule is OC1CCN(Cc2cc(C(F)F)ccc2F)CC1. The molecule has 0 aromatic heterocycles. The zero-order valence-electron chi connectivity index (χ0n) is 9.95. The lowest BCUT2D eigenvalue weighted by molar-refractivity contribution is 0.0787. The third-order valence-corrected chi connectivity index (χ3v) is 3.27. The molecule has 0 spiro atoms. The summed E-state index contributed by atoms with van der Waals surface area (Å²) in [6.07, 6.45) is -1.57. The first-order valence-electron chi connectivity index (χ1n) is 6.03. The highest BCUT2D eigenvalue weighted by atomic mass is 19.3. The molecule has 1 N–H and O–H groups in total. The van der Waals surface area contributed by atoms with Crippen LogP contribution in [0.4, 0.5) is 13.2 Å². The van der Waals surface area contributed by atoms with E-state index in [0.717, 1.165) is 12.1 Å². The van der Waals surface area contributed by atoms with Gasteiger partial charge in [-0.2, -0.15) is 0 Å². The van der Waals surface area contributed by atoms with E-state index >= 15 is 0 Å². The van der Waals surface area contributed by atoms with Crippen LogP contribution in [0.5, 0.6) is 0 Å². The molecule has 1 aliphatic heterocycles. The Kier molecular flexibility index (Phi) is 4.24. The van der Waals surface area contributed by atoms with E-state index < -0.39 is 12.2 Å². The highest BCUT2D eigenvalue weighted by Gasteiger charge is 2.19. The molecule has 0 radical (unpaired) electrons. The molecule has 5 heteroatoms. The summed E-state index contributed by atoms with van der Waals surface area (Å²) >= 11 is 0. The molecule has 2 nitrogen and oxygen atoms in total. The zero-order chi connectivity index (χ0) is 13.1. The average Bonchev–Trinajstić information content (AvgIpc) is 2.34. The fourth-order valence-corrected chi connectivity index (χ4v) is 2.17. The van der Waals surface area contributed by atoms with Gasteiger partial charge in [0.25, 0.3) is 6.43 Å². The molecule has 1 aliphatic rings. The van der Waals surface area contributed by atoms with Crippen LogP contribution in [-0.4, -0.2) is 29.2 Å². The van der Waals surface area contributed by atoms with Gasteiger partial charge in [0.1, 0.15) is 5.82 Å². The van der Waals surface area contributed by atoms with Crippen LogP contribution in [0.2, 0.25) is 0 Å². The van der Waals surface area contributed by atoms with E-state index in [4.69, 9.17) is 0 Å². The Balaban J connectivity index is 2.06. The van der Waals surface area contributed by atoms with Gasteiger partial charge in [-0.25, -0.2) is 13.2 Å². The number of aliphatic hydroxyl groups excluding tert-OH is 1. The molecule has 0 bridgehead atoms. The summed E-state index contributed by atoms with van der Waals surface area (Å²) in [5.41, 5.74) is 0.146. The minimum atomic E-state index is -2.58. The predicted octanol–water partition coefficient (Wildman–Crippen LogP) is 2.72. The number of hydrogen-bond donors (Lipinski definition) is 1. The largest absolute Gasteiger partial charge is 0.393 e. The first kappa shape index (κ1) is 13.4. The Morgan fingerprint density at radius 2 is 1.94 bits per heavy atom. The number of rotatable bonds is 3. The maximum Gasteiger partial charge on any atom is 0.263 e. The van der Waals surface area contributed by atoms with Crippen LogP contribution in [-0.2, 0) is 6.54 Å². The Morgan fingerprint density at radius 3 is 2.56 bits per heavy atom. The summed E-state index contributed by atoms with van der Waals surface area (Å²) in [5, 5.41) is 9.36. The molecule has 1 aromatic rings. The predicted molar refractivity (Wildman–Crippen MR) is 61.9 cm³/mol. The van der Waals surface area contributed by atoms with Crippen LogP contribution in [0.3, 0.4) is 0 Å². The van der Waals surface area contributed by atoms with Crippen LogP contribution in [0, 0.1) is 5.82 Å². The van der Waals surface area contributed by atoms with Crippen molar-refractivity contribution in [3.05, 3.63) is 35.1 Å². The lowest BCUT2D eigenvalue weighted by Crippen LogP contribution is -2.35. The summed E-state index contributed by atoms with van der Waals surface area (Å²) in [7, 11) is 0. The van der Waals surface area contributed by atoms with Crippen molar-refractivity contribution < 1.29 is 18.3 Å². The molecule has 1 heterocycles. The normalized spacial score (nSPS) is 18.5. The van der Waals surface area contributed by atoms with Crippen molar-refractivity contribution >= 4 is 0 Å². The van der Waals surface area contributed by atoms with Crippen LogP contribution in [0.15, 0.2) is 18.2 Å². The van der Waals surface area contributed by atoms with E-state index in [1.165, 1.54) is 6.07 Å². The van der Waals surface area contributed by atoms with Gasteiger partial charge in [0.2, 0.25) is 0 Å². The first-order chi connectivity index (χ1) is 8.56. The number of nitrogens with zero attached hydrogens (tertiary/aromatic N) is 1. The highest BCUT2D eigenvalue weighted by Crippen LogP contribution is 2.23. The van der Waals surface area contributed by atoms with Crippen LogP contribution in [0.25, 0.3) is 0 Å². The molecule has 0 atom stereocenters. The van der Waals surface area contributed by atoms with Crippen LogP contribution < -0.4 is 0 Å². The summed E-state index contributed by atoms with van der Waals surface area (Å²) < 4.78 is 38.6. The minimum Gasteiger partial charge on any atom is -0.393 e. The van der Waals surface area contributed by atoms with E-state index in [0.29, 0.717) is 38.0 Å². The van der Waals surface area contributed by atoms with Gasteiger partial charge in [0, 0.05) is 30.8 Å². The van der Waals surface area contributed by atoms with E-state index in [9.17, 15) is 18.3 Å². The molecular weight excluding hydrogens is 243 g/mol. The molecule has 1 saturated heterocycles. The zero-order valence-corrected chi connectivity index (χ0v) is 9.95. The number of benzene rings is 1. The van der Waals surface area contributed by atoms with Crippen molar-refractivity contribution in [2.24, 2.45) is 0 Å². The number of alkyl halides is 2. The maximum atomic E-state index is 13.5. The van der Waals surface area contributed by atoms with E-state index in [2.05, 4.69) is 0 Å². The van der Waals surface area contributed by atoms with Gasteiger partial charge < -0.3 is 5.11 Å². The van der Waals surface area contributed by atoms with Gasteiger partial charge in [0.05, 0.1) is 6.10 Å². The molecule has 1 aromatic carbocycles. The summed E-state index contributed by atoms with van der Waals surface area (Å²) in [6, 6.07) is 3.43. The van der Waals surface area contributed by atoms with Crippen molar-refractivity contribution in [3.8, 4) is 0 Å². The van der Waals surface area contributed by atoms with Crippen molar-refractivity contribution in [2.75, 3.05) is 13.1 Å². The van der Waals surface area contributed by atoms with E-state index in [-0.39, 0.29) is 11.7 Å². The third-order valence-electron chi connectivity index (χ3n) is 3.27. The number of halogens is 3. The molecule has 18 heavy (non-hydrogen) atoms.